The van der Waals surface area contributed by atoms with Crippen molar-refractivity contribution in [1.82, 2.24) is 4.98 Å². The fourth-order valence-corrected chi connectivity index (χ4v) is 1.71. The molecule has 0 radical (unpaired) electrons. The highest BCUT2D eigenvalue weighted by atomic mass is 35.5. The van der Waals surface area contributed by atoms with Crippen molar-refractivity contribution in [2.45, 2.75) is 6.42 Å². The molecular weight excluding hydrogens is 262 g/mol. The number of benzene rings is 1. The van der Waals surface area contributed by atoms with Crippen LogP contribution in [0.15, 0.2) is 42.6 Å². The number of halogens is 1. The third-order valence-electron chi connectivity index (χ3n) is 2.46. The molecule has 0 atom stereocenters. The third kappa shape index (κ3) is 3.54. The molecule has 94 valence electrons. The van der Waals surface area contributed by atoms with Crippen molar-refractivity contribution in [3.63, 3.8) is 0 Å². The van der Waals surface area contributed by atoms with Crippen LogP contribution in [0.25, 0.3) is 0 Å². The average Bonchev–Trinajstić information content (AvgIpc) is 2.42. The Balaban J connectivity index is 2.01. The molecule has 0 aliphatic rings. The van der Waals surface area contributed by atoms with Crippen LogP contribution >= 0.6 is 11.6 Å². The monoisotopic (exact) mass is 271 g/mol. The van der Waals surface area contributed by atoms with E-state index in [0.29, 0.717) is 16.4 Å². The highest BCUT2D eigenvalue weighted by Crippen LogP contribution is 2.17. The van der Waals surface area contributed by atoms with Gasteiger partial charge < -0.3 is 5.32 Å². The molecule has 19 heavy (non-hydrogen) atoms. The Morgan fingerprint density at radius 1 is 1.32 bits per heavy atom. The molecule has 1 amide bonds. The average molecular weight is 272 g/mol. The van der Waals surface area contributed by atoms with E-state index in [1.165, 1.54) is 0 Å². The minimum absolute atomic E-state index is 0.203. The predicted octanol–water partition coefficient (Wildman–Crippen LogP) is 2.79. The number of aromatic nitrogens is 1. The number of pyridine rings is 1. The lowest BCUT2D eigenvalue weighted by molar-refractivity contribution is -0.115. The molecular formula is C14H10ClN3O. The van der Waals surface area contributed by atoms with Crippen LogP contribution in [0, 0.1) is 11.3 Å². The van der Waals surface area contributed by atoms with Crippen molar-refractivity contribution in [3.05, 3.63) is 58.7 Å². The zero-order valence-corrected chi connectivity index (χ0v) is 10.7. The van der Waals surface area contributed by atoms with E-state index in [1.807, 2.05) is 6.07 Å². The Bertz CT molecular complexity index is 632. The lowest BCUT2D eigenvalue weighted by Gasteiger charge is -2.05. The highest BCUT2D eigenvalue weighted by molar-refractivity contribution is 6.33. The van der Waals surface area contributed by atoms with Gasteiger partial charge >= 0.3 is 0 Å². The van der Waals surface area contributed by atoms with E-state index in [9.17, 15) is 4.79 Å². The van der Waals surface area contributed by atoms with Crippen molar-refractivity contribution >= 4 is 23.3 Å². The Morgan fingerprint density at radius 3 is 2.68 bits per heavy atom. The van der Waals surface area contributed by atoms with Crippen LogP contribution < -0.4 is 5.32 Å². The molecule has 2 rings (SSSR count). The quantitative estimate of drug-likeness (QED) is 0.933. The molecule has 1 aromatic heterocycles. The Morgan fingerprint density at radius 2 is 2.05 bits per heavy atom. The zero-order chi connectivity index (χ0) is 13.7. The topological polar surface area (TPSA) is 65.8 Å². The second-order valence-electron chi connectivity index (χ2n) is 3.87. The number of carbonyl (C=O) groups is 1. The number of nitrogens with zero attached hydrogens (tertiary/aromatic N) is 2. The number of amides is 1. The van der Waals surface area contributed by atoms with Crippen molar-refractivity contribution in [2.24, 2.45) is 0 Å². The summed E-state index contributed by atoms with van der Waals surface area (Å²) >= 11 is 5.90. The van der Waals surface area contributed by atoms with Gasteiger partial charge in [-0.1, -0.05) is 23.7 Å². The van der Waals surface area contributed by atoms with Gasteiger partial charge in [0.2, 0.25) is 5.91 Å². The number of carbonyl (C=O) groups excluding carboxylic acids is 1. The first-order valence-corrected chi connectivity index (χ1v) is 5.96. The van der Waals surface area contributed by atoms with Crippen molar-refractivity contribution in [3.8, 4) is 6.07 Å². The lowest BCUT2D eigenvalue weighted by atomic mass is 10.1. The van der Waals surface area contributed by atoms with Gasteiger partial charge in [-0.05, 0) is 29.8 Å². The minimum atomic E-state index is -0.203. The summed E-state index contributed by atoms with van der Waals surface area (Å²) in [6, 6.07) is 12.2. The van der Waals surface area contributed by atoms with E-state index in [0.717, 1.165) is 5.56 Å². The van der Waals surface area contributed by atoms with Crippen LogP contribution in [0.1, 0.15) is 11.1 Å². The van der Waals surface area contributed by atoms with Crippen LogP contribution in [0.3, 0.4) is 0 Å². The van der Waals surface area contributed by atoms with Crippen molar-refractivity contribution in [1.29, 1.82) is 5.26 Å². The van der Waals surface area contributed by atoms with E-state index in [2.05, 4.69) is 10.3 Å². The minimum Gasteiger partial charge on any atom is -0.309 e. The van der Waals surface area contributed by atoms with E-state index >= 15 is 0 Å². The molecule has 0 fully saturated rings. The number of anilines is 1. The maximum Gasteiger partial charge on any atom is 0.229 e. The van der Waals surface area contributed by atoms with E-state index in [1.54, 1.807) is 42.6 Å². The van der Waals surface area contributed by atoms with Gasteiger partial charge in [0, 0.05) is 6.20 Å². The van der Waals surface area contributed by atoms with Gasteiger partial charge in [-0.15, -0.1) is 0 Å². The van der Waals surface area contributed by atoms with Gasteiger partial charge in [0.1, 0.15) is 0 Å². The van der Waals surface area contributed by atoms with Gasteiger partial charge in [0.25, 0.3) is 0 Å². The molecule has 0 saturated heterocycles. The molecule has 2 aromatic rings. The van der Waals surface area contributed by atoms with E-state index in [4.69, 9.17) is 16.9 Å². The molecule has 0 aliphatic carbocycles. The van der Waals surface area contributed by atoms with Crippen molar-refractivity contribution in [2.75, 3.05) is 5.32 Å². The molecule has 0 unspecified atom stereocenters. The Hall–Kier alpha value is -2.38. The molecule has 0 bridgehead atoms. The summed E-state index contributed by atoms with van der Waals surface area (Å²) in [6.45, 7) is 0. The van der Waals surface area contributed by atoms with Gasteiger partial charge in [-0.2, -0.15) is 5.26 Å². The molecule has 1 aromatic carbocycles. The molecule has 0 spiro atoms. The van der Waals surface area contributed by atoms with Crippen molar-refractivity contribution < 1.29 is 4.79 Å². The summed E-state index contributed by atoms with van der Waals surface area (Å²) in [6.07, 6.45) is 1.77. The van der Waals surface area contributed by atoms with E-state index in [-0.39, 0.29) is 12.3 Å². The smallest absolute Gasteiger partial charge is 0.229 e. The van der Waals surface area contributed by atoms with Crippen LogP contribution in [-0.2, 0) is 11.2 Å². The molecule has 0 aliphatic heterocycles. The number of nitrogens with one attached hydrogen (secondary N) is 1. The normalized spacial score (nSPS) is 9.68. The van der Waals surface area contributed by atoms with E-state index < -0.39 is 0 Å². The van der Waals surface area contributed by atoms with Crippen LogP contribution in [0.2, 0.25) is 5.02 Å². The first kappa shape index (κ1) is 13.1. The lowest BCUT2D eigenvalue weighted by Crippen LogP contribution is -2.15. The molecule has 1 heterocycles. The zero-order valence-electron chi connectivity index (χ0n) is 9.93. The fourth-order valence-electron chi connectivity index (χ4n) is 1.54. The fraction of sp³-hybridized carbons (Fsp3) is 0.0714. The summed E-state index contributed by atoms with van der Waals surface area (Å²) < 4.78 is 0. The SMILES string of the molecule is N#Cc1ccc(CC(=O)Nc2ncccc2Cl)cc1. The second-order valence-corrected chi connectivity index (χ2v) is 4.27. The second kappa shape index (κ2) is 5.98. The van der Waals surface area contributed by atoms with Gasteiger partial charge in [0.05, 0.1) is 23.1 Å². The summed E-state index contributed by atoms with van der Waals surface area (Å²) in [5, 5.41) is 11.7. The maximum absolute atomic E-state index is 11.8. The largest absolute Gasteiger partial charge is 0.309 e. The predicted molar refractivity (Wildman–Crippen MR) is 72.7 cm³/mol. The number of rotatable bonds is 3. The summed E-state index contributed by atoms with van der Waals surface area (Å²) in [4.78, 5) is 15.8. The molecule has 4 nitrogen and oxygen atoms in total. The summed E-state index contributed by atoms with van der Waals surface area (Å²) in [5.41, 5.74) is 1.39. The number of hydrogen-bond acceptors (Lipinski definition) is 3. The van der Waals surface area contributed by atoms with Gasteiger partial charge in [0.15, 0.2) is 5.82 Å². The maximum atomic E-state index is 11.8. The van der Waals surface area contributed by atoms with Crippen LogP contribution in [-0.4, -0.2) is 10.9 Å². The number of nitriles is 1. The number of hydrogen-bond donors (Lipinski definition) is 1. The van der Waals surface area contributed by atoms with Crippen LogP contribution in [0.5, 0.6) is 0 Å². The molecule has 0 saturated carbocycles. The Kier molecular flexibility index (Phi) is 4.11. The van der Waals surface area contributed by atoms with Crippen LogP contribution in [0.4, 0.5) is 5.82 Å². The first-order chi connectivity index (χ1) is 9.19. The molecule has 5 heteroatoms. The summed E-state index contributed by atoms with van der Waals surface area (Å²) in [5.74, 6) is 0.146. The third-order valence-corrected chi connectivity index (χ3v) is 2.77. The Labute approximate surface area is 115 Å². The standard InChI is InChI=1S/C14H10ClN3O/c15-12-2-1-7-17-14(12)18-13(19)8-10-3-5-11(9-16)6-4-10/h1-7H,8H2,(H,17,18,19). The van der Waals surface area contributed by atoms with Gasteiger partial charge in [-0.3, -0.25) is 4.79 Å². The van der Waals surface area contributed by atoms with Gasteiger partial charge in [-0.25, -0.2) is 4.98 Å². The summed E-state index contributed by atoms with van der Waals surface area (Å²) in [7, 11) is 0. The molecule has 1 N–H and O–H groups in total. The first-order valence-electron chi connectivity index (χ1n) is 5.58. The highest BCUT2D eigenvalue weighted by Gasteiger charge is 2.07.